The fraction of sp³-hybridized carbons (Fsp3) is 0.455. The van der Waals surface area contributed by atoms with Gasteiger partial charge >= 0.3 is 0 Å². The highest BCUT2D eigenvalue weighted by Gasteiger charge is 2.39. The minimum absolute atomic E-state index is 0.353. The summed E-state index contributed by atoms with van der Waals surface area (Å²) in [5.41, 5.74) is -0.190. The van der Waals surface area contributed by atoms with Gasteiger partial charge < -0.3 is 10.4 Å². The molecule has 1 amide bonds. The predicted octanol–water partition coefficient (Wildman–Crippen LogP) is 1.20. The van der Waals surface area contributed by atoms with Gasteiger partial charge in [-0.15, -0.1) is 0 Å². The van der Waals surface area contributed by atoms with Crippen LogP contribution in [0.4, 0.5) is 5.82 Å². The largest absolute Gasteiger partial charge is 0.379 e. The number of hydrogen-bond acceptors (Lipinski definition) is 4. The number of carbonyl (C=O) groups excluding carboxylic acids is 1. The molecule has 1 aromatic rings. The molecule has 0 spiro atoms. The molecule has 16 heavy (non-hydrogen) atoms. The minimum atomic E-state index is -1.22. The highest BCUT2D eigenvalue weighted by Crippen LogP contribution is 2.28. The van der Waals surface area contributed by atoms with E-state index in [0.29, 0.717) is 18.0 Å². The van der Waals surface area contributed by atoms with E-state index in [-0.39, 0.29) is 5.91 Å². The van der Waals surface area contributed by atoms with Crippen LogP contribution in [0, 0.1) is 6.92 Å². The Morgan fingerprint density at radius 2 is 2.44 bits per heavy atom. The molecule has 0 radical (unpaired) electrons. The van der Waals surface area contributed by atoms with E-state index in [9.17, 15) is 9.90 Å². The molecule has 2 rings (SSSR count). The number of aromatic nitrogens is 1. The molecule has 1 atom stereocenters. The number of pyridine rings is 1. The summed E-state index contributed by atoms with van der Waals surface area (Å²) in [6, 6.07) is 3.61. The first-order valence-electron chi connectivity index (χ1n) is 5.14. The van der Waals surface area contributed by atoms with E-state index in [1.54, 1.807) is 24.0 Å². The maximum Gasteiger partial charge on any atom is 0.258 e. The fourth-order valence-corrected chi connectivity index (χ4v) is 2.75. The molecule has 4 nitrogen and oxygen atoms in total. The van der Waals surface area contributed by atoms with Crippen molar-refractivity contribution in [1.29, 1.82) is 0 Å². The normalized spacial score (nSPS) is 24.4. The van der Waals surface area contributed by atoms with Crippen molar-refractivity contribution in [3.05, 3.63) is 23.9 Å². The number of hydrogen-bond donors (Lipinski definition) is 2. The summed E-state index contributed by atoms with van der Waals surface area (Å²) in [5.74, 6) is 1.42. The number of anilines is 1. The lowest BCUT2D eigenvalue weighted by Gasteiger charge is -2.19. The van der Waals surface area contributed by atoms with Crippen molar-refractivity contribution >= 4 is 23.5 Å². The number of nitrogens with zero attached hydrogens (tertiary/aromatic N) is 1. The van der Waals surface area contributed by atoms with Gasteiger partial charge in [0.05, 0.1) is 0 Å². The van der Waals surface area contributed by atoms with Gasteiger partial charge in [-0.2, -0.15) is 11.8 Å². The molecule has 0 aromatic carbocycles. The highest BCUT2D eigenvalue weighted by atomic mass is 32.2. The number of amides is 1. The second-order valence-corrected chi connectivity index (χ2v) is 5.11. The zero-order valence-electron chi connectivity index (χ0n) is 9.06. The molecule has 0 saturated carbocycles. The summed E-state index contributed by atoms with van der Waals surface area (Å²) in [4.78, 5) is 15.9. The molecule has 1 unspecified atom stereocenters. The van der Waals surface area contributed by atoms with Crippen LogP contribution < -0.4 is 5.32 Å². The van der Waals surface area contributed by atoms with E-state index >= 15 is 0 Å². The highest BCUT2D eigenvalue weighted by molar-refractivity contribution is 7.99. The van der Waals surface area contributed by atoms with Gasteiger partial charge in [-0.25, -0.2) is 4.98 Å². The lowest BCUT2D eigenvalue weighted by molar-refractivity contribution is -0.131. The van der Waals surface area contributed by atoms with E-state index in [4.69, 9.17) is 0 Å². The van der Waals surface area contributed by atoms with Crippen molar-refractivity contribution < 1.29 is 9.90 Å². The fourth-order valence-electron chi connectivity index (χ4n) is 1.51. The van der Waals surface area contributed by atoms with Gasteiger partial charge in [0.15, 0.2) is 5.60 Å². The Kier molecular flexibility index (Phi) is 3.16. The van der Waals surface area contributed by atoms with Crippen molar-refractivity contribution in [1.82, 2.24) is 4.98 Å². The average Bonchev–Trinajstić information content (AvgIpc) is 2.70. The van der Waals surface area contributed by atoms with Crippen LogP contribution in [0.3, 0.4) is 0 Å². The van der Waals surface area contributed by atoms with Crippen LogP contribution in [0.5, 0.6) is 0 Å². The number of thioether (sulfide) groups is 1. The Bertz CT molecular complexity index is 385. The van der Waals surface area contributed by atoms with E-state index in [2.05, 4.69) is 10.3 Å². The van der Waals surface area contributed by atoms with Gasteiger partial charge in [-0.1, -0.05) is 6.07 Å². The van der Waals surface area contributed by atoms with Crippen LogP contribution in [0.15, 0.2) is 18.3 Å². The molecule has 2 heterocycles. The SMILES string of the molecule is Cc1ccc(NC(=O)C2(O)CCSC2)nc1. The van der Waals surface area contributed by atoms with Crippen molar-refractivity contribution in [2.45, 2.75) is 18.9 Å². The standard InChI is InChI=1S/C11H14N2O2S/c1-8-2-3-9(12-6-8)13-10(14)11(15)4-5-16-7-11/h2-3,6,15H,4-5,7H2,1H3,(H,12,13,14). The van der Waals surface area contributed by atoms with Crippen molar-refractivity contribution in [3.8, 4) is 0 Å². The Labute approximate surface area is 98.5 Å². The van der Waals surface area contributed by atoms with E-state index < -0.39 is 5.60 Å². The summed E-state index contributed by atoms with van der Waals surface area (Å²) in [6.45, 7) is 1.93. The molecule has 86 valence electrons. The van der Waals surface area contributed by atoms with Crippen LogP contribution in [-0.4, -0.2) is 33.1 Å². The van der Waals surface area contributed by atoms with Gasteiger partial charge in [0.25, 0.3) is 5.91 Å². The Morgan fingerprint density at radius 1 is 1.62 bits per heavy atom. The molecule has 1 saturated heterocycles. The third-order valence-corrected chi connectivity index (χ3v) is 3.75. The van der Waals surface area contributed by atoms with E-state index in [0.717, 1.165) is 11.3 Å². The van der Waals surface area contributed by atoms with Gasteiger partial charge in [-0.3, -0.25) is 4.79 Å². The summed E-state index contributed by atoms with van der Waals surface area (Å²) in [7, 11) is 0. The first kappa shape index (κ1) is 11.4. The van der Waals surface area contributed by atoms with Gasteiger partial charge in [0.2, 0.25) is 0 Å². The predicted molar refractivity (Wildman–Crippen MR) is 64.5 cm³/mol. The quantitative estimate of drug-likeness (QED) is 0.812. The summed E-state index contributed by atoms with van der Waals surface area (Å²) in [5, 5.41) is 12.7. The number of carbonyl (C=O) groups is 1. The Hall–Kier alpha value is -1.07. The maximum absolute atomic E-state index is 11.8. The third kappa shape index (κ3) is 2.36. The molecule has 5 heteroatoms. The van der Waals surface area contributed by atoms with Crippen LogP contribution in [-0.2, 0) is 4.79 Å². The first-order chi connectivity index (χ1) is 7.60. The monoisotopic (exact) mass is 238 g/mol. The zero-order chi connectivity index (χ0) is 11.6. The van der Waals surface area contributed by atoms with E-state index in [1.165, 1.54) is 0 Å². The van der Waals surface area contributed by atoms with Gasteiger partial charge in [0, 0.05) is 11.9 Å². The smallest absolute Gasteiger partial charge is 0.258 e. The molecule has 1 fully saturated rings. The molecular weight excluding hydrogens is 224 g/mol. The van der Waals surface area contributed by atoms with Crippen molar-refractivity contribution in [2.75, 3.05) is 16.8 Å². The molecule has 0 aliphatic carbocycles. The lowest BCUT2D eigenvalue weighted by atomic mass is 10.0. The van der Waals surface area contributed by atoms with Crippen molar-refractivity contribution in [2.24, 2.45) is 0 Å². The second kappa shape index (κ2) is 4.43. The van der Waals surface area contributed by atoms with Gasteiger partial charge in [-0.05, 0) is 30.7 Å². The van der Waals surface area contributed by atoms with Gasteiger partial charge in [0.1, 0.15) is 5.82 Å². The summed E-state index contributed by atoms with van der Waals surface area (Å²) in [6.07, 6.45) is 2.19. The first-order valence-corrected chi connectivity index (χ1v) is 6.30. The number of aliphatic hydroxyl groups is 1. The zero-order valence-corrected chi connectivity index (χ0v) is 9.88. The van der Waals surface area contributed by atoms with Crippen molar-refractivity contribution in [3.63, 3.8) is 0 Å². The molecule has 2 N–H and O–H groups in total. The third-order valence-electron chi connectivity index (χ3n) is 2.58. The van der Waals surface area contributed by atoms with Crippen LogP contribution in [0.25, 0.3) is 0 Å². The molecule has 1 aromatic heterocycles. The Morgan fingerprint density at radius 3 is 3.00 bits per heavy atom. The maximum atomic E-state index is 11.8. The Balaban J connectivity index is 2.04. The molecule has 1 aliphatic rings. The molecule has 1 aliphatic heterocycles. The topological polar surface area (TPSA) is 62.2 Å². The minimum Gasteiger partial charge on any atom is -0.379 e. The number of nitrogens with one attached hydrogen (secondary N) is 1. The van der Waals surface area contributed by atoms with Crippen LogP contribution in [0.1, 0.15) is 12.0 Å². The number of aryl methyl sites for hydroxylation is 1. The van der Waals surface area contributed by atoms with Crippen LogP contribution >= 0.6 is 11.8 Å². The van der Waals surface area contributed by atoms with Crippen LogP contribution in [0.2, 0.25) is 0 Å². The summed E-state index contributed by atoms with van der Waals surface area (Å²) < 4.78 is 0. The average molecular weight is 238 g/mol. The molecular formula is C11H14N2O2S. The second-order valence-electron chi connectivity index (χ2n) is 4.01. The van der Waals surface area contributed by atoms with E-state index in [1.807, 2.05) is 13.0 Å². The number of rotatable bonds is 2. The summed E-state index contributed by atoms with van der Waals surface area (Å²) >= 11 is 1.59. The molecule has 0 bridgehead atoms. The lowest BCUT2D eigenvalue weighted by Crippen LogP contribution is -2.43.